The highest BCUT2D eigenvalue weighted by Crippen LogP contribution is 2.26. The number of imide groups is 1. The molecule has 0 saturated heterocycles. The summed E-state index contributed by atoms with van der Waals surface area (Å²) in [5.74, 6) is -3.09. The van der Waals surface area contributed by atoms with Crippen molar-refractivity contribution in [3.05, 3.63) is 134 Å². The van der Waals surface area contributed by atoms with Crippen LogP contribution in [0.1, 0.15) is 51.8 Å². The monoisotopic (exact) mass is 616 g/mol. The van der Waals surface area contributed by atoms with Crippen LogP contribution in [0.2, 0.25) is 5.02 Å². The lowest BCUT2D eigenvalue weighted by Gasteiger charge is -2.29. The van der Waals surface area contributed by atoms with E-state index in [0.717, 1.165) is 9.48 Å². The highest BCUT2D eigenvalue weighted by atomic mass is 79.9. The van der Waals surface area contributed by atoms with E-state index < -0.39 is 36.0 Å². The van der Waals surface area contributed by atoms with Crippen molar-refractivity contribution in [2.24, 2.45) is 0 Å². The van der Waals surface area contributed by atoms with Gasteiger partial charge in [0.1, 0.15) is 12.3 Å². The summed E-state index contributed by atoms with van der Waals surface area (Å²) in [7, 11) is 0. The Morgan fingerprint density at radius 2 is 1.25 bits per heavy atom. The highest BCUT2D eigenvalue weighted by Gasteiger charge is 2.42. The maximum absolute atomic E-state index is 13.5. The highest BCUT2D eigenvalue weighted by molar-refractivity contribution is 9.10. The van der Waals surface area contributed by atoms with E-state index in [1.54, 1.807) is 36.4 Å². The summed E-state index contributed by atoms with van der Waals surface area (Å²) in [4.78, 5) is 65.5. The second-order valence-corrected chi connectivity index (χ2v) is 10.0. The molecule has 4 aromatic rings. The number of esters is 1. The summed E-state index contributed by atoms with van der Waals surface area (Å²) in [6.45, 7) is -0.606. The van der Waals surface area contributed by atoms with Crippen LogP contribution in [0, 0.1) is 0 Å². The molecule has 5 rings (SSSR count). The van der Waals surface area contributed by atoms with Gasteiger partial charge < -0.3 is 4.74 Å². The molecule has 198 valence electrons. The summed E-state index contributed by atoms with van der Waals surface area (Å²) >= 11 is 9.26. The van der Waals surface area contributed by atoms with Crippen molar-refractivity contribution in [3.63, 3.8) is 0 Å². The normalized spacial score (nSPS) is 12.2. The van der Waals surface area contributed by atoms with Crippen LogP contribution in [-0.4, -0.2) is 46.0 Å². The number of halogens is 2. The van der Waals surface area contributed by atoms with Crippen LogP contribution < -0.4 is 4.74 Å². The molecule has 1 aliphatic heterocycles. The molecule has 4 aromatic carbocycles. The van der Waals surface area contributed by atoms with Gasteiger partial charge in [0, 0.05) is 20.6 Å². The molecule has 0 unspecified atom stereocenters. The van der Waals surface area contributed by atoms with Gasteiger partial charge in [0.15, 0.2) is 5.78 Å². The van der Waals surface area contributed by atoms with Crippen molar-refractivity contribution in [1.29, 1.82) is 0 Å². The van der Waals surface area contributed by atoms with E-state index in [9.17, 15) is 24.0 Å². The van der Waals surface area contributed by atoms with E-state index in [-0.39, 0.29) is 28.0 Å². The molecular weight excluding hydrogens is 600 g/mol. The molecule has 1 heterocycles. The lowest BCUT2D eigenvalue weighted by Crippen LogP contribution is -2.51. The third-order valence-electron chi connectivity index (χ3n) is 6.10. The Morgan fingerprint density at radius 1 is 0.725 bits per heavy atom. The third kappa shape index (κ3) is 5.42. The standard InChI is InChI=1S/C30H18BrClN2O6/c31-21-11-5-20(6-12-21)30(39)40-23-15-9-18(10-16-23)26(35)17-33(27(36)19-7-13-22(32)14-8-19)34-28(37)24-3-1-2-4-25(24)29(34)38/h1-16H,17H2. The molecule has 0 saturated carbocycles. The molecule has 0 spiro atoms. The molecule has 10 heteroatoms. The Morgan fingerprint density at radius 3 is 1.82 bits per heavy atom. The molecule has 0 aromatic heterocycles. The lowest BCUT2D eigenvalue weighted by atomic mass is 10.1. The van der Waals surface area contributed by atoms with E-state index in [1.807, 2.05) is 0 Å². The smallest absolute Gasteiger partial charge is 0.343 e. The Hall–Kier alpha value is -4.60. The number of rotatable bonds is 7. The number of nitrogens with zero attached hydrogens (tertiary/aromatic N) is 2. The molecule has 0 radical (unpaired) electrons. The van der Waals surface area contributed by atoms with Crippen LogP contribution in [-0.2, 0) is 0 Å². The van der Waals surface area contributed by atoms with Gasteiger partial charge in [-0.05, 0) is 84.9 Å². The van der Waals surface area contributed by atoms with Gasteiger partial charge >= 0.3 is 5.97 Å². The van der Waals surface area contributed by atoms with E-state index in [4.69, 9.17) is 16.3 Å². The van der Waals surface area contributed by atoms with Crippen LogP contribution in [0.4, 0.5) is 0 Å². The Balaban J connectivity index is 1.38. The first kappa shape index (κ1) is 27.0. The van der Waals surface area contributed by atoms with Gasteiger partial charge in [-0.1, -0.05) is 39.7 Å². The first-order valence-electron chi connectivity index (χ1n) is 11.9. The number of benzene rings is 4. The number of carbonyl (C=O) groups excluding carboxylic acids is 5. The molecule has 3 amide bonds. The van der Waals surface area contributed by atoms with E-state index >= 15 is 0 Å². The molecule has 1 aliphatic rings. The third-order valence-corrected chi connectivity index (χ3v) is 6.88. The first-order chi connectivity index (χ1) is 19.2. The molecule has 40 heavy (non-hydrogen) atoms. The Labute approximate surface area is 241 Å². The number of hydrogen-bond donors (Lipinski definition) is 0. The van der Waals surface area contributed by atoms with Gasteiger partial charge in [-0.3, -0.25) is 19.2 Å². The molecule has 0 bridgehead atoms. The number of fused-ring (bicyclic) bond motifs is 1. The van der Waals surface area contributed by atoms with Gasteiger partial charge in [-0.2, -0.15) is 5.01 Å². The summed E-state index contributed by atoms with van der Waals surface area (Å²) < 4.78 is 6.19. The number of hydrazine groups is 1. The molecule has 8 nitrogen and oxygen atoms in total. The molecule has 0 fully saturated rings. The minimum absolute atomic E-state index is 0.129. The number of carbonyl (C=O) groups is 5. The zero-order valence-electron chi connectivity index (χ0n) is 20.5. The van der Waals surface area contributed by atoms with Crippen molar-refractivity contribution in [1.82, 2.24) is 10.0 Å². The van der Waals surface area contributed by atoms with Crippen molar-refractivity contribution in [2.45, 2.75) is 0 Å². The Kier molecular flexibility index (Phi) is 7.59. The number of amides is 3. The second kappa shape index (κ2) is 11.3. The number of ether oxygens (including phenoxy) is 1. The summed E-state index contributed by atoms with van der Waals surface area (Å²) in [5.41, 5.74) is 0.912. The quantitative estimate of drug-likeness (QED) is 0.112. The van der Waals surface area contributed by atoms with Gasteiger partial charge in [0.2, 0.25) is 0 Å². The second-order valence-electron chi connectivity index (χ2n) is 8.68. The van der Waals surface area contributed by atoms with Crippen LogP contribution in [0.15, 0.2) is 102 Å². The fourth-order valence-corrected chi connectivity index (χ4v) is 4.45. The minimum atomic E-state index is -0.737. The SMILES string of the molecule is O=C(CN(C(=O)c1ccc(Cl)cc1)N1C(=O)c2ccccc2C1=O)c1ccc(OC(=O)c2ccc(Br)cc2)cc1. The van der Waals surface area contributed by atoms with Crippen molar-refractivity contribution in [3.8, 4) is 5.75 Å². The summed E-state index contributed by atoms with van der Waals surface area (Å²) in [5, 5.41) is 1.91. The molecule has 0 aliphatic carbocycles. The minimum Gasteiger partial charge on any atom is -0.423 e. The van der Waals surface area contributed by atoms with Gasteiger partial charge in [-0.15, -0.1) is 0 Å². The molecule has 0 atom stereocenters. The van der Waals surface area contributed by atoms with Crippen LogP contribution >= 0.6 is 27.5 Å². The van der Waals surface area contributed by atoms with Crippen molar-refractivity contribution >= 4 is 57.0 Å². The average Bonchev–Trinajstić information content (AvgIpc) is 3.22. The zero-order valence-corrected chi connectivity index (χ0v) is 22.9. The first-order valence-corrected chi connectivity index (χ1v) is 13.1. The topological polar surface area (TPSA) is 101 Å². The molecular formula is C30H18BrClN2O6. The fraction of sp³-hybridized carbons (Fsp3) is 0.0333. The fourth-order valence-electron chi connectivity index (χ4n) is 4.06. The summed E-state index contributed by atoms with van der Waals surface area (Å²) in [6, 6.07) is 24.4. The maximum atomic E-state index is 13.5. The largest absolute Gasteiger partial charge is 0.423 e. The van der Waals surface area contributed by atoms with Crippen LogP contribution in [0.25, 0.3) is 0 Å². The predicted molar refractivity (Wildman–Crippen MR) is 149 cm³/mol. The summed E-state index contributed by atoms with van der Waals surface area (Å²) in [6.07, 6.45) is 0. The number of hydrogen-bond acceptors (Lipinski definition) is 6. The van der Waals surface area contributed by atoms with Gasteiger partial charge in [-0.25, -0.2) is 9.80 Å². The van der Waals surface area contributed by atoms with E-state index in [1.165, 1.54) is 60.7 Å². The van der Waals surface area contributed by atoms with Crippen molar-refractivity contribution < 1.29 is 28.7 Å². The Bertz CT molecular complexity index is 1620. The lowest BCUT2D eigenvalue weighted by molar-refractivity contribution is 0.00531. The number of Topliss-reactive ketones (excluding diaryl/α,β-unsaturated/α-hetero) is 1. The number of ketones is 1. The van der Waals surface area contributed by atoms with Gasteiger partial charge in [0.25, 0.3) is 17.7 Å². The van der Waals surface area contributed by atoms with E-state index in [2.05, 4.69) is 15.9 Å². The van der Waals surface area contributed by atoms with E-state index in [0.29, 0.717) is 15.6 Å². The average molecular weight is 618 g/mol. The van der Waals surface area contributed by atoms with Crippen LogP contribution in [0.3, 0.4) is 0 Å². The predicted octanol–water partition coefficient (Wildman–Crippen LogP) is 5.86. The molecule has 0 N–H and O–H groups in total. The zero-order chi connectivity index (χ0) is 28.4. The van der Waals surface area contributed by atoms with Gasteiger partial charge in [0.05, 0.1) is 16.7 Å². The maximum Gasteiger partial charge on any atom is 0.343 e. The van der Waals surface area contributed by atoms with Crippen LogP contribution in [0.5, 0.6) is 5.75 Å². The van der Waals surface area contributed by atoms with Crippen molar-refractivity contribution in [2.75, 3.05) is 6.54 Å².